The van der Waals surface area contributed by atoms with Crippen LogP contribution in [-0.2, 0) is 0 Å². The molecule has 0 bridgehead atoms. The molecule has 0 fully saturated rings. The van der Waals surface area contributed by atoms with Gasteiger partial charge in [-0.1, -0.05) is 0 Å². The van der Waals surface area contributed by atoms with E-state index in [2.05, 4.69) is 10.2 Å². The second-order valence-electron chi connectivity index (χ2n) is 1.91. The zero-order valence-corrected chi connectivity index (χ0v) is 5.86. The van der Waals surface area contributed by atoms with E-state index in [1.54, 1.807) is 6.92 Å². The first-order valence-electron chi connectivity index (χ1n) is 2.91. The van der Waals surface area contributed by atoms with Gasteiger partial charge in [0.25, 0.3) is 0 Å². The van der Waals surface area contributed by atoms with Crippen LogP contribution in [0, 0.1) is 0 Å². The topological polar surface area (TPSA) is 97.0 Å². The molecule has 1 unspecified atom stereocenters. The number of nitrogens with two attached hydrogens (primary N) is 2. The molecule has 5 N–H and O–H groups in total. The van der Waals surface area contributed by atoms with E-state index in [4.69, 9.17) is 16.6 Å². The van der Waals surface area contributed by atoms with Crippen molar-refractivity contribution in [1.82, 2.24) is 0 Å². The predicted octanol–water partition coefficient (Wildman–Crippen LogP) is -0.983. The zero-order chi connectivity index (χ0) is 7.98. The Morgan fingerprint density at radius 3 is 2.70 bits per heavy atom. The summed E-state index contributed by atoms with van der Waals surface area (Å²) < 4.78 is 0. The van der Waals surface area contributed by atoms with Gasteiger partial charge in [-0.05, 0) is 6.92 Å². The summed E-state index contributed by atoms with van der Waals surface area (Å²) in [5.74, 6) is -0.0816. The number of nitrogens with zero attached hydrogens (tertiary/aromatic N) is 2. The molecule has 0 aliphatic heterocycles. The Kier molecular flexibility index (Phi) is 4.23. The van der Waals surface area contributed by atoms with Gasteiger partial charge in [0.05, 0.1) is 6.10 Å². The van der Waals surface area contributed by atoms with Crippen LogP contribution in [0.15, 0.2) is 10.2 Å². The van der Waals surface area contributed by atoms with Crippen LogP contribution in [0.5, 0.6) is 0 Å². The zero-order valence-electron chi connectivity index (χ0n) is 5.86. The Labute approximate surface area is 59.4 Å². The standard InChI is InChI=1S/C5H12N4O/c1-4(10)2-3-8-9-5(6)7/h3-4,10H,2H2,1H3,(H4,6,7,9)/b8-3-. The predicted molar refractivity (Wildman–Crippen MR) is 40.6 cm³/mol. The normalized spacial score (nSPS) is 13.4. The Morgan fingerprint density at radius 1 is 1.70 bits per heavy atom. The van der Waals surface area contributed by atoms with Crippen LogP contribution in [0.25, 0.3) is 0 Å². The van der Waals surface area contributed by atoms with Crippen LogP contribution in [0.3, 0.4) is 0 Å². The van der Waals surface area contributed by atoms with Gasteiger partial charge in [0.2, 0.25) is 5.96 Å². The molecule has 58 valence electrons. The minimum Gasteiger partial charge on any atom is -0.393 e. The molecule has 0 heterocycles. The van der Waals surface area contributed by atoms with E-state index < -0.39 is 6.10 Å². The van der Waals surface area contributed by atoms with Crippen molar-refractivity contribution < 1.29 is 5.11 Å². The van der Waals surface area contributed by atoms with Crippen molar-refractivity contribution in [3.8, 4) is 0 Å². The van der Waals surface area contributed by atoms with Gasteiger partial charge in [-0.3, -0.25) is 0 Å². The summed E-state index contributed by atoms with van der Waals surface area (Å²) in [5.41, 5.74) is 9.92. The molecule has 0 saturated heterocycles. The molecule has 0 aromatic carbocycles. The van der Waals surface area contributed by atoms with Gasteiger partial charge in [0, 0.05) is 12.6 Å². The molecule has 0 aromatic heterocycles. The van der Waals surface area contributed by atoms with Crippen molar-refractivity contribution in [2.45, 2.75) is 19.4 Å². The summed E-state index contributed by atoms with van der Waals surface area (Å²) in [5, 5.41) is 15.5. The molecule has 0 radical (unpaired) electrons. The molecule has 1 atom stereocenters. The lowest BCUT2D eigenvalue weighted by molar-refractivity contribution is 0.204. The molecule has 10 heavy (non-hydrogen) atoms. The van der Waals surface area contributed by atoms with Crippen LogP contribution in [0.2, 0.25) is 0 Å². The Morgan fingerprint density at radius 2 is 2.30 bits per heavy atom. The largest absolute Gasteiger partial charge is 0.393 e. The van der Waals surface area contributed by atoms with Crippen LogP contribution in [-0.4, -0.2) is 23.4 Å². The van der Waals surface area contributed by atoms with Gasteiger partial charge >= 0.3 is 0 Å². The first-order chi connectivity index (χ1) is 4.63. The average Bonchev–Trinajstić information content (AvgIpc) is 1.79. The lowest BCUT2D eigenvalue weighted by Crippen LogP contribution is -2.21. The highest BCUT2D eigenvalue weighted by Gasteiger charge is 1.88. The van der Waals surface area contributed by atoms with Crippen LogP contribution in [0.4, 0.5) is 0 Å². The smallest absolute Gasteiger partial charge is 0.211 e. The molecule has 0 amide bonds. The molecule has 0 aromatic rings. The maximum absolute atomic E-state index is 8.72. The number of hydrogen-bond acceptors (Lipinski definition) is 3. The van der Waals surface area contributed by atoms with Gasteiger partial charge in [-0.15, -0.1) is 5.10 Å². The first kappa shape index (κ1) is 8.90. The van der Waals surface area contributed by atoms with Gasteiger partial charge in [0.15, 0.2) is 0 Å². The number of rotatable bonds is 3. The van der Waals surface area contributed by atoms with E-state index in [1.165, 1.54) is 6.21 Å². The van der Waals surface area contributed by atoms with Crippen molar-refractivity contribution in [2.75, 3.05) is 0 Å². The molecule has 5 nitrogen and oxygen atoms in total. The van der Waals surface area contributed by atoms with E-state index in [0.717, 1.165) is 0 Å². The van der Waals surface area contributed by atoms with E-state index in [9.17, 15) is 0 Å². The maximum atomic E-state index is 8.72. The third kappa shape index (κ3) is 6.90. The number of aliphatic hydroxyl groups is 1. The van der Waals surface area contributed by atoms with Crippen molar-refractivity contribution in [1.29, 1.82) is 0 Å². The monoisotopic (exact) mass is 144 g/mol. The van der Waals surface area contributed by atoms with Crippen molar-refractivity contribution >= 4 is 12.2 Å². The molecular formula is C5H12N4O. The van der Waals surface area contributed by atoms with E-state index in [1.807, 2.05) is 0 Å². The van der Waals surface area contributed by atoms with Crippen molar-refractivity contribution in [2.24, 2.45) is 21.7 Å². The fourth-order valence-electron chi connectivity index (χ4n) is 0.307. The van der Waals surface area contributed by atoms with Crippen LogP contribution in [0.1, 0.15) is 13.3 Å². The van der Waals surface area contributed by atoms with Gasteiger partial charge in [-0.25, -0.2) is 0 Å². The number of aliphatic hydroxyl groups excluding tert-OH is 1. The minimum atomic E-state index is -0.405. The molecular weight excluding hydrogens is 132 g/mol. The van der Waals surface area contributed by atoms with Crippen molar-refractivity contribution in [3.05, 3.63) is 0 Å². The highest BCUT2D eigenvalue weighted by atomic mass is 16.3. The second-order valence-corrected chi connectivity index (χ2v) is 1.91. The Balaban J connectivity index is 3.48. The highest BCUT2D eigenvalue weighted by Crippen LogP contribution is 1.83. The summed E-state index contributed by atoms with van der Waals surface area (Å²) in [4.78, 5) is 0. The fourth-order valence-corrected chi connectivity index (χ4v) is 0.307. The molecule has 5 heteroatoms. The summed E-state index contributed by atoms with van der Waals surface area (Å²) in [7, 11) is 0. The first-order valence-corrected chi connectivity index (χ1v) is 2.91. The van der Waals surface area contributed by atoms with Crippen LogP contribution >= 0.6 is 0 Å². The summed E-state index contributed by atoms with van der Waals surface area (Å²) in [6.07, 6.45) is 1.50. The van der Waals surface area contributed by atoms with Crippen molar-refractivity contribution in [3.63, 3.8) is 0 Å². The summed E-state index contributed by atoms with van der Waals surface area (Å²) in [6.45, 7) is 1.65. The van der Waals surface area contributed by atoms with Gasteiger partial charge in [-0.2, -0.15) is 5.10 Å². The average molecular weight is 144 g/mol. The van der Waals surface area contributed by atoms with Crippen LogP contribution < -0.4 is 11.5 Å². The molecule has 0 rings (SSSR count). The summed E-state index contributed by atoms with van der Waals surface area (Å²) in [6, 6.07) is 0. The third-order valence-electron chi connectivity index (χ3n) is 0.701. The molecule has 0 saturated carbocycles. The minimum absolute atomic E-state index is 0.0816. The Hall–Kier alpha value is -1.10. The lowest BCUT2D eigenvalue weighted by atomic mass is 10.3. The third-order valence-corrected chi connectivity index (χ3v) is 0.701. The summed E-state index contributed by atoms with van der Waals surface area (Å²) >= 11 is 0. The number of guanidine groups is 1. The fraction of sp³-hybridized carbons (Fsp3) is 0.600. The van der Waals surface area contributed by atoms with Gasteiger partial charge in [0.1, 0.15) is 0 Å². The SMILES string of the molecule is CC(O)C/C=N\N=C(N)N. The maximum Gasteiger partial charge on any atom is 0.211 e. The molecule has 0 aliphatic rings. The Bertz CT molecular complexity index is 137. The lowest BCUT2D eigenvalue weighted by Gasteiger charge is -1.93. The van der Waals surface area contributed by atoms with Gasteiger partial charge < -0.3 is 16.6 Å². The highest BCUT2D eigenvalue weighted by molar-refractivity contribution is 5.76. The van der Waals surface area contributed by atoms with E-state index in [-0.39, 0.29) is 5.96 Å². The van der Waals surface area contributed by atoms with E-state index in [0.29, 0.717) is 6.42 Å². The second kappa shape index (κ2) is 4.75. The quantitative estimate of drug-likeness (QED) is 0.269. The molecule has 0 aliphatic carbocycles. The van der Waals surface area contributed by atoms with E-state index >= 15 is 0 Å². The molecule has 0 spiro atoms. The number of hydrogen-bond donors (Lipinski definition) is 3.